The van der Waals surface area contributed by atoms with Crippen LogP contribution in [0.4, 0.5) is 34.1 Å². The minimum absolute atomic E-state index is 1.12. The summed E-state index contributed by atoms with van der Waals surface area (Å²) in [6.45, 7) is 0. The first kappa shape index (κ1) is 34.6. The molecule has 2 nitrogen and oxygen atoms in total. The van der Waals surface area contributed by atoms with Gasteiger partial charge in [0.15, 0.2) is 0 Å². The van der Waals surface area contributed by atoms with Crippen LogP contribution in [0.5, 0.6) is 0 Å². The van der Waals surface area contributed by atoms with Crippen LogP contribution in [-0.2, 0) is 0 Å². The molecule has 0 saturated carbocycles. The summed E-state index contributed by atoms with van der Waals surface area (Å²) in [6, 6.07) is 84.8. The van der Waals surface area contributed by atoms with E-state index in [0.29, 0.717) is 0 Å². The van der Waals surface area contributed by atoms with Gasteiger partial charge in [0.05, 0.1) is 11.4 Å². The van der Waals surface area contributed by atoms with Gasteiger partial charge in [-0.25, -0.2) is 0 Å². The molecule has 13 aromatic rings. The number of anilines is 6. The highest BCUT2D eigenvalue weighted by atomic mass is 15.1. The first-order valence-electron chi connectivity index (χ1n) is 21.4. The van der Waals surface area contributed by atoms with Gasteiger partial charge in [0.2, 0.25) is 0 Å². The Labute approximate surface area is 359 Å². The molecule has 0 aliphatic carbocycles. The lowest BCUT2D eigenvalue weighted by atomic mass is 9.93. The highest BCUT2D eigenvalue weighted by Crippen LogP contribution is 2.46. The molecule has 0 bridgehead atoms. The van der Waals surface area contributed by atoms with Crippen LogP contribution in [0.1, 0.15) is 0 Å². The molecular weight excluding hydrogens is 749 g/mol. The maximum absolute atomic E-state index is 2.41. The van der Waals surface area contributed by atoms with E-state index in [-0.39, 0.29) is 0 Å². The van der Waals surface area contributed by atoms with Crippen molar-refractivity contribution in [3.63, 3.8) is 0 Å². The number of hydrogen-bond acceptors (Lipinski definition) is 2. The van der Waals surface area contributed by atoms with Crippen LogP contribution in [-0.4, -0.2) is 0 Å². The lowest BCUT2D eigenvalue weighted by molar-refractivity contribution is 1.30. The summed E-state index contributed by atoms with van der Waals surface area (Å²) >= 11 is 0. The zero-order valence-corrected chi connectivity index (χ0v) is 33.8. The van der Waals surface area contributed by atoms with Crippen LogP contribution in [0.3, 0.4) is 0 Å². The van der Waals surface area contributed by atoms with Gasteiger partial charge in [0.1, 0.15) is 0 Å². The lowest BCUT2D eigenvalue weighted by Crippen LogP contribution is -2.10. The minimum Gasteiger partial charge on any atom is -0.310 e. The Kier molecular flexibility index (Phi) is 7.64. The van der Waals surface area contributed by atoms with E-state index in [1.54, 1.807) is 0 Å². The Morgan fingerprint density at radius 3 is 1.11 bits per heavy atom. The Morgan fingerprint density at radius 2 is 0.581 bits per heavy atom. The van der Waals surface area contributed by atoms with Crippen LogP contribution in [0.25, 0.3) is 86.5 Å². The van der Waals surface area contributed by atoms with E-state index in [0.717, 1.165) is 22.7 Å². The summed E-state index contributed by atoms with van der Waals surface area (Å²) in [5.41, 5.74) is 9.22. The molecule has 13 aromatic carbocycles. The molecule has 0 amide bonds. The Balaban J connectivity index is 0.886. The van der Waals surface area contributed by atoms with Crippen molar-refractivity contribution in [3.05, 3.63) is 231 Å². The molecule has 0 fully saturated rings. The first-order chi connectivity index (χ1) is 30.7. The Morgan fingerprint density at radius 1 is 0.210 bits per heavy atom. The topological polar surface area (TPSA) is 6.48 Å². The smallest absolute Gasteiger partial charge is 0.0540 e. The fraction of sp³-hybridized carbons (Fsp3) is 0. The van der Waals surface area contributed by atoms with Gasteiger partial charge in [0.25, 0.3) is 0 Å². The zero-order chi connectivity index (χ0) is 40.7. The van der Waals surface area contributed by atoms with Gasteiger partial charge >= 0.3 is 0 Å². The molecule has 0 atom stereocenters. The van der Waals surface area contributed by atoms with Gasteiger partial charge in [-0.15, -0.1) is 0 Å². The van der Waals surface area contributed by atoms with Crippen molar-refractivity contribution >= 4 is 110 Å². The van der Waals surface area contributed by atoms with Gasteiger partial charge in [-0.2, -0.15) is 0 Å². The van der Waals surface area contributed by atoms with Crippen LogP contribution in [0, 0.1) is 0 Å². The summed E-state index contributed by atoms with van der Waals surface area (Å²) in [7, 11) is 0. The number of hydrogen-bond donors (Lipinski definition) is 0. The molecule has 2 heteroatoms. The molecule has 288 valence electrons. The second-order valence-electron chi connectivity index (χ2n) is 16.5. The summed E-state index contributed by atoms with van der Waals surface area (Å²) in [5, 5.41) is 17.8. The second kappa shape index (κ2) is 13.7. The number of nitrogens with zero attached hydrogens (tertiary/aromatic N) is 2. The van der Waals surface area contributed by atoms with Crippen LogP contribution < -0.4 is 9.80 Å². The highest BCUT2D eigenvalue weighted by molar-refractivity contribution is 6.27. The Hall–Kier alpha value is -8.20. The third-order valence-electron chi connectivity index (χ3n) is 13.1. The third kappa shape index (κ3) is 5.37. The standard InChI is InChI=1S/C60H38N2/c1-3-13-49(14-4-1)61(55-35-28-44-19-17-40-9-7-11-42-26-33-53(55)59(44)57(40)42)51-30-23-39(24-31-51)46-21-22-48-38-52(32-25-47(48)37-46)62(50-15-5-2-6-16-50)56-36-29-45-20-18-41-10-8-12-43-27-34-54(56)60(45)58(41)43/h1-38H. The lowest BCUT2D eigenvalue weighted by Gasteiger charge is -2.28. The van der Waals surface area contributed by atoms with E-state index >= 15 is 0 Å². The van der Waals surface area contributed by atoms with Crippen molar-refractivity contribution in [2.45, 2.75) is 0 Å². The Bertz CT molecular complexity index is 3770. The van der Waals surface area contributed by atoms with Crippen molar-refractivity contribution in [1.82, 2.24) is 0 Å². The van der Waals surface area contributed by atoms with Crippen molar-refractivity contribution < 1.29 is 0 Å². The molecule has 13 rings (SSSR count). The quantitative estimate of drug-likeness (QED) is 0.149. The largest absolute Gasteiger partial charge is 0.310 e. The molecular formula is C60H38N2. The van der Waals surface area contributed by atoms with Crippen LogP contribution in [0.2, 0.25) is 0 Å². The van der Waals surface area contributed by atoms with E-state index in [2.05, 4.69) is 240 Å². The molecule has 62 heavy (non-hydrogen) atoms. The maximum atomic E-state index is 2.41. The summed E-state index contributed by atoms with van der Waals surface area (Å²) in [5.74, 6) is 0. The summed E-state index contributed by atoms with van der Waals surface area (Å²) in [6.07, 6.45) is 0. The van der Waals surface area contributed by atoms with Gasteiger partial charge in [0, 0.05) is 33.5 Å². The SMILES string of the molecule is c1ccc(N(c2ccc(-c3ccc4cc(N(c5ccccc5)c5ccc6ccc7cccc8ccc5c6c78)ccc4c3)cc2)c2ccc3ccc4cccc5ccc2c3c45)cc1. The van der Waals surface area contributed by atoms with E-state index in [1.165, 1.54) is 97.9 Å². The fourth-order valence-electron chi connectivity index (χ4n) is 10.2. The molecule has 0 heterocycles. The van der Waals surface area contributed by atoms with E-state index in [4.69, 9.17) is 0 Å². The molecule has 0 spiro atoms. The second-order valence-corrected chi connectivity index (χ2v) is 16.5. The zero-order valence-electron chi connectivity index (χ0n) is 33.8. The van der Waals surface area contributed by atoms with Gasteiger partial charge in [-0.1, -0.05) is 164 Å². The summed E-state index contributed by atoms with van der Waals surface area (Å²) < 4.78 is 0. The van der Waals surface area contributed by atoms with Crippen molar-refractivity contribution in [3.8, 4) is 11.1 Å². The van der Waals surface area contributed by atoms with E-state index < -0.39 is 0 Å². The average Bonchev–Trinajstić information content (AvgIpc) is 3.34. The molecule has 0 unspecified atom stereocenters. The fourth-order valence-corrected chi connectivity index (χ4v) is 10.2. The predicted octanol–water partition coefficient (Wildman–Crippen LogP) is 17.2. The van der Waals surface area contributed by atoms with Gasteiger partial charge < -0.3 is 9.80 Å². The van der Waals surface area contributed by atoms with E-state index in [9.17, 15) is 0 Å². The van der Waals surface area contributed by atoms with Crippen LogP contribution in [0.15, 0.2) is 231 Å². The molecule has 0 aromatic heterocycles. The predicted molar refractivity (Wildman–Crippen MR) is 266 cm³/mol. The number of benzene rings is 13. The van der Waals surface area contributed by atoms with Crippen molar-refractivity contribution in [2.75, 3.05) is 9.80 Å². The first-order valence-corrected chi connectivity index (χ1v) is 21.4. The molecule has 0 aliphatic rings. The molecule has 0 radical (unpaired) electrons. The number of fused-ring (bicyclic) bond motifs is 1. The average molecular weight is 787 g/mol. The number of rotatable bonds is 7. The van der Waals surface area contributed by atoms with Crippen molar-refractivity contribution in [1.29, 1.82) is 0 Å². The molecule has 0 aliphatic heterocycles. The monoisotopic (exact) mass is 786 g/mol. The summed E-state index contributed by atoms with van der Waals surface area (Å²) in [4.78, 5) is 4.81. The van der Waals surface area contributed by atoms with Gasteiger partial charge in [-0.05, 0) is 142 Å². The van der Waals surface area contributed by atoms with Crippen molar-refractivity contribution in [2.24, 2.45) is 0 Å². The molecule has 0 saturated heterocycles. The maximum Gasteiger partial charge on any atom is 0.0540 e. The normalized spacial score (nSPS) is 11.9. The van der Waals surface area contributed by atoms with E-state index in [1.807, 2.05) is 0 Å². The third-order valence-corrected chi connectivity index (χ3v) is 13.1. The minimum atomic E-state index is 1.12. The van der Waals surface area contributed by atoms with Crippen LogP contribution >= 0.6 is 0 Å². The van der Waals surface area contributed by atoms with Gasteiger partial charge in [-0.3, -0.25) is 0 Å². The molecule has 0 N–H and O–H groups in total. The highest BCUT2D eigenvalue weighted by Gasteiger charge is 2.21. The number of para-hydroxylation sites is 2.